The van der Waals surface area contributed by atoms with Gasteiger partial charge in [-0.25, -0.2) is 0 Å². The summed E-state index contributed by atoms with van der Waals surface area (Å²) < 4.78 is 32.8. The molecule has 4 unspecified atom stereocenters. The van der Waals surface area contributed by atoms with Crippen LogP contribution in [0.4, 0.5) is 0 Å². The van der Waals surface area contributed by atoms with E-state index in [1.807, 2.05) is 0 Å². The average molecular weight is 625 g/mol. The molecular formula is C26H40N8O8S. The maximum Gasteiger partial charge on any atom is 0.267 e. The molecule has 4 atom stereocenters. The maximum atomic E-state index is 13.8. The Hall–Kier alpha value is -4.06. The Morgan fingerprint density at radius 2 is 1.79 bits per heavy atom. The Balaban J connectivity index is 2.56. The molecule has 17 heteroatoms. The number of nitrogens with one attached hydrogen (secondary N) is 6. The molecule has 238 valence electrons. The monoisotopic (exact) mass is 624 g/mol. The highest BCUT2D eigenvalue weighted by Gasteiger charge is 2.37. The molecule has 16 nitrogen and oxygen atoms in total. The standard InChI is InChI=1S/C26H40N8O8S/c1-15(2)21-24(38)32-17(10-7-11-29-26(27)28)22(36)30-13-20(35)31-19(14-43(40,41)42)23(37)33-18(25(39)34(21)3)12-16-8-5-4-6-9-16/h4-6,8-10,15,18-19,21-22,30,36H,7,11-14H2,1-3H3,(H,31,35)(H,32,38)(H,33,37)(H4,27,28,29)(H,40,41,42)/b17-10-. The number of rotatable bonds is 8. The number of carbonyl (C=O) groups is 4. The summed E-state index contributed by atoms with van der Waals surface area (Å²) in [6.45, 7) is 2.95. The van der Waals surface area contributed by atoms with Gasteiger partial charge >= 0.3 is 0 Å². The molecule has 0 spiro atoms. The zero-order valence-corrected chi connectivity index (χ0v) is 25.0. The van der Waals surface area contributed by atoms with Crippen molar-refractivity contribution < 1.29 is 37.3 Å². The number of hydrogen-bond acceptors (Lipinski definition) is 9. The summed E-state index contributed by atoms with van der Waals surface area (Å²) in [5.74, 6) is -5.25. The number of amides is 4. The van der Waals surface area contributed by atoms with Gasteiger partial charge in [0.2, 0.25) is 23.6 Å². The van der Waals surface area contributed by atoms with Gasteiger partial charge in [0, 0.05) is 20.0 Å². The first kappa shape index (κ1) is 35.1. The number of guanidine groups is 1. The number of nitrogens with two attached hydrogens (primary N) is 1. The van der Waals surface area contributed by atoms with Crippen LogP contribution in [0.2, 0.25) is 0 Å². The number of aliphatic hydroxyl groups excluding tert-OH is 1. The van der Waals surface area contributed by atoms with E-state index in [0.717, 1.165) is 4.90 Å². The molecule has 1 aliphatic rings. The Labute approximate surface area is 250 Å². The second-order valence-electron chi connectivity index (χ2n) is 10.3. The molecule has 1 saturated heterocycles. The predicted molar refractivity (Wildman–Crippen MR) is 157 cm³/mol. The van der Waals surface area contributed by atoms with E-state index in [2.05, 4.69) is 26.6 Å². The molecule has 0 radical (unpaired) electrons. The van der Waals surface area contributed by atoms with Crippen molar-refractivity contribution in [2.24, 2.45) is 11.7 Å². The van der Waals surface area contributed by atoms with Crippen molar-refractivity contribution in [3.8, 4) is 0 Å². The second kappa shape index (κ2) is 16.0. The van der Waals surface area contributed by atoms with Crippen molar-refractivity contribution >= 4 is 39.7 Å². The summed E-state index contributed by atoms with van der Waals surface area (Å²) in [5, 5.41) is 30.4. The van der Waals surface area contributed by atoms with E-state index in [9.17, 15) is 37.3 Å². The minimum absolute atomic E-state index is 0.0384. The molecule has 0 aliphatic carbocycles. The molecule has 4 amide bonds. The number of aliphatic hydroxyl groups is 1. The molecule has 0 aromatic heterocycles. The summed E-state index contributed by atoms with van der Waals surface area (Å²) in [5.41, 5.74) is 5.87. The fourth-order valence-corrected chi connectivity index (χ4v) is 5.11. The molecular weight excluding hydrogens is 584 g/mol. The zero-order valence-electron chi connectivity index (χ0n) is 24.2. The van der Waals surface area contributed by atoms with Crippen molar-refractivity contribution in [2.75, 3.05) is 25.9 Å². The highest BCUT2D eigenvalue weighted by Crippen LogP contribution is 2.15. The van der Waals surface area contributed by atoms with Crippen molar-refractivity contribution in [2.45, 2.75) is 51.0 Å². The maximum absolute atomic E-state index is 13.8. The van der Waals surface area contributed by atoms with Crippen LogP contribution in [0.3, 0.4) is 0 Å². The van der Waals surface area contributed by atoms with Crippen molar-refractivity contribution in [1.82, 2.24) is 31.5 Å². The topological polar surface area (TPSA) is 256 Å². The zero-order chi connectivity index (χ0) is 32.3. The molecule has 0 saturated carbocycles. The minimum atomic E-state index is -4.77. The fourth-order valence-electron chi connectivity index (χ4n) is 4.45. The van der Waals surface area contributed by atoms with Crippen LogP contribution in [0.1, 0.15) is 25.8 Å². The van der Waals surface area contributed by atoms with Crippen LogP contribution in [0.5, 0.6) is 0 Å². The van der Waals surface area contributed by atoms with E-state index in [-0.39, 0.29) is 31.0 Å². The quantitative estimate of drug-likeness (QED) is 0.0625. The molecule has 1 aliphatic heterocycles. The fraction of sp³-hybridized carbons (Fsp3) is 0.500. The lowest BCUT2D eigenvalue weighted by molar-refractivity contribution is -0.143. The van der Waals surface area contributed by atoms with Gasteiger partial charge in [0.1, 0.15) is 30.1 Å². The van der Waals surface area contributed by atoms with Crippen LogP contribution in [0, 0.1) is 11.3 Å². The third kappa shape index (κ3) is 11.6. The lowest BCUT2D eigenvalue weighted by atomic mass is 9.98. The molecule has 2 rings (SSSR count). The third-order valence-corrected chi connectivity index (χ3v) is 7.19. The van der Waals surface area contributed by atoms with E-state index in [1.165, 1.54) is 13.1 Å². The molecule has 1 heterocycles. The van der Waals surface area contributed by atoms with Crippen LogP contribution in [-0.4, -0.2) is 103 Å². The molecule has 1 fully saturated rings. The normalized spacial score (nSPS) is 24.0. The SMILES string of the molecule is CC(C)C1C(=O)N/C(=C\CCNC(=N)N)C(O)NCC(=O)NC(CS(=O)(=O)O)C(=O)NC(Cc2ccccc2)C(=O)N1C. The van der Waals surface area contributed by atoms with E-state index >= 15 is 0 Å². The van der Waals surface area contributed by atoms with Gasteiger partial charge in [-0.3, -0.25) is 34.5 Å². The number of nitrogens with zero attached hydrogens (tertiary/aromatic N) is 1. The van der Waals surface area contributed by atoms with Crippen LogP contribution in [0.15, 0.2) is 42.1 Å². The Morgan fingerprint density at radius 1 is 1.14 bits per heavy atom. The molecule has 43 heavy (non-hydrogen) atoms. The van der Waals surface area contributed by atoms with Crippen molar-refractivity contribution in [3.05, 3.63) is 47.7 Å². The highest BCUT2D eigenvalue weighted by atomic mass is 32.2. The summed E-state index contributed by atoms with van der Waals surface area (Å²) in [6.07, 6.45) is -0.0328. The van der Waals surface area contributed by atoms with E-state index in [1.54, 1.807) is 44.2 Å². The van der Waals surface area contributed by atoms with Crippen LogP contribution < -0.4 is 32.3 Å². The number of carbonyl (C=O) groups excluding carboxylic acids is 4. The van der Waals surface area contributed by atoms with E-state index < -0.39 is 76.3 Å². The van der Waals surface area contributed by atoms with Gasteiger partial charge in [-0.05, 0) is 17.9 Å². The molecule has 10 N–H and O–H groups in total. The van der Waals surface area contributed by atoms with Crippen LogP contribution in [-0.2, 0) is 35.7 Å². The molecule has 1 aromatic rings. The van der Waals surface area contributed by atoms with Gasteiger partial charge in [-0.1, -0.05) is 50.3 Å². The van der Waals surface area contributed by atoms with Crippen molar-refractivity contribution in [3.63, 3.8) is 0 Å². The summed E-state index contributed by atoms with van der Waals surface area (Å²) in [4.78, 5) is 54.4. The Bertz CT molecular complexity index is 1310. The summed E-state index contributed by atoms with van der Waals surface area (Å²) >= 11 is 0. The predicted octanol–water partition coefficient (Wildman–Crippen LogP) is -2.64. The first-order chi connectivity index (χ1) is 20.1. The highest BCUT2D eigenvalue weighted by molar-refractivity contribution is 7.85. The largest absolute Gasteiger partial charge is 0.373 e. The smallest absolute Gasteiger partial charge is 0.267 e. The first-order valence-corrected chi connectivity index (χ1v) is 15.1. The van der Waals surface area contributed by atoms with Gasteiger partial charge in [-0.2, -0.15) is 8.42 Å². The Morgan fingerprint density at radius 3 is 2.37 bits per heavy atom. The average Bonchev–Trinajstić information content (AvgIpc) is 2.91. The van der Waals surface area contributed by atoms with Crippen LogP contribution in [0.25, 0.3) is 0 Å². The molecule has 1 aromatic carbocycles. The second-order valence-corrected chi connectivity index (χ2v) is 11.8. The molecule has 0 bridgehead atoms. The number of likely N-dealkylation sites (N-methyl/N-ethyl adjacent to an activating group) is 1. The van der Waals surface area contributed by atoms with E-state index in [4.69, 9.17) is 11.1 Å². The summed E-state index contributed by atoms with van der Waals surface area (Å²) in [6, 6.07) is 4.45. The number of benzene rings is 1. The lowest BCUT2D eigenvalue weighted by Crippen LogP contribution is -2.59. The van der Waals surface area contributed by atoms with Gasteiger partial charge < -0.3 is 37.0 Å². The van der Waals surface area contributed by atoms with Gasteiger partial charge in [-0.15, -0.1) is 0 Å². The van der Waals surface area contributed by atoms with Gasteiger partial charge in [0.25, 0.3) is 10.1 Å². The number of hydrogen-bond donors (Lipinski definition) is 9. The first-order valence-electron chi connectivity index (χ1n) is 13.4. The van der Waals surface area contributed by atoms with Gasteiger partial charge in [0.15, 0.2) is 5.96 Å². The minimum Gasteiger partial charge on any atom is -0.373 e. The Kier molecular flexibility index (Phi) is 13.0. The van der Waals surface area contributed by atoms with Crippen molar-refractivity contribution in [1.29, 1.82) is 5.41 Å². The lowest BCUT2D eigenvalue weighted by Gasteiger charge is -2.34. The summed E-state index contributed by atoms with van der Waals surface area (Å²) in [7, 11) is -3.39. The van der Waals surface area contributed by atoms with E-state index in [0.29, 0.717) is 5.56 Å². The van der Waals surface area contributed by atoms with Crippen LogP contribution >= 0.6 is 0 Å². The third-order valence-electron chi connectivity index (χ3n) is 6.43. The van der Waals surface area contributed by atoms with Gasteiger partial charge in [0.05, 0.1) is 12.2 Å².